The average molecular weight is 220 g/mol. The summed E-state index contributed by atoms with van der Waals surface area (Å²) >= 11 is 0. The molecular weight excluding hydrogens is 200 g/mol. The third-order valence-corrected chi connectivity index (χ3v) is 2.06. The monoisotopic (exact) mass is 220 g/mol. The predicted octanol–water partition coefficient (Wildman–Crippen LogP) is -1.49. The highest BCUT2D eigenvalue weighted by Gasteiger charge is 2.17. The molecule has 0 rings (SSSR count). The van der Waals surface area contributed by atoms with E-state index in [0.29, 0.717) is 13.0 Å². The van der Waals surface area contributed by atoms with Gasteiger partial charge in [0.15, 0.2) is 0 Å². The van der Waals surface area contributed by atoms with Crippen molar-refractivity contribution in [2.75, 3.05) is 19.7 Å². The van der Waals surface area contributed by atoms with Crippen LogP contribution in [0, 0.1) is 0 Å². The summed E-state index contributed by atoms with van der Waals surface area (Å²) in [5.41, 5.74) is 5.29. The first-order chi connectivity index (χ1) is 7.11. The van der Waals surface area contributed by atoms with Crippen LogP contribution in [0.15, 0.2) is 0 Å². The van der Waals surface area contributed by atoms with Crippen molar-refractivity contribution in [1.29, 1.82) is 0 Å². The van der Waals surface area contributed by atoms with E-state index in [1.54, 1.807) is 0 Å². The molecule has 0 heterocycles. The fourth-order valence-electron chi connectivity index (χ4n) is 1.15. The van der Waals surface area contributed by atoms with E-state index >= 15 is 0 Å². The minimum atomic E-state index is -0.947. The van der Waals surface area contributed by atoms with Gasteiger partial charge in [-0.15, -0.1) is 0 Å². The van der Waals surface area contributed by atoms with E-state index in [-0.39, 0.29) is 13.2 Å². The molecule has 0 saturated heterocycles. The second-order valence-corrected chi connectivity index (χ2v) is 3.42. The maximum Gasteiger partial charge on any atom is 0.320 e. The van der Waals surface area contributed by atoms with Crippen LogP contribution in [0.2, 0.25) is 0 Å². The maximum absolute atomic E-state index is 10.8. The molecule has 6 N–H and O–H groups in total. The number of aliphatic hydroxyl groups excluding tert-OH is 2. The van der Waals surface area contributed by atoms with E-state index in [0.717, 1.165) is 12.8 Å². The normalized spacial score (nSPS) is 14.9. The van der Waals surface area contributed by atoms with Gasteiger partial charge in [0.2, 0.25) is 0 Å². The minimum Gasteiger partial charge on any atom is -0.480 e. The molecule has 0 fully saturated rings. The molecule has 2 unspecified atom stereocenters. The molecule has 0 aliphatic rings. The number of nitrogens with two attached hydrogens (primary N) is 1. The molecule has 0 saturated carbocycles. The molecule has 0 bridgehead atoms. The number of rotatable bonds is 9. The van der Waals surface area contributed by atoms with Crippen molar-refractivity contribution >= 4 is 5.97 Å². The first-order valence-corrected chi connectivity index (χ1v) is 5.07. The van der Waals surface area contributed by atoms with Crippen molar-refractivity contribution in [3.63, 3.8) is 0 Å². The van der Waals surface area contributed by atoms with Crippen molar-refractivity contribution in [1.82, 2.24) is 5.32 Å². The van der Waals surface area contributed by atoms with Crippen LogP contribution in [0.4, 0.5) is 0 Å². The van der Waals surface area contributed by atoms with Crippen molar-refractivity contribution < 1.29 is 20.1 Å². The lowest BCUT2D eigenvalue weighted by Crippen LogP contribution is -2.41. The molecule has 0 spiro atoms. The van der Waals surface area contributed by atoms with Crippen LogP contribution in [-0.2, 0) is 4.79 Å². The van der Waals surface area contributed by atoms with E-state index in [1.807, 2.05) is 0 Å². The molecule has 0 radical (unpaired) electrons. The molecule has 6 heteroatoms. The van der Waals surface area contributed by atoms with Crippen molar-refractivity contribution in [3.05, 3.63) is 0 Å². The molecule has 6 nitrogen and oxygen atoms in total. The fraction of sp³-hybridized carbons (Fsp3) is 0.889. The summed E-state index contributed by atoms with van der Waals surface area (Å²) in [4.78, 5) is 10.8. The predicted molar refractivity (Wildman–Crippen MR) is 55.4 cm³/mol. The maximum atomic E-state index is 10.8. The topological polar surface area (TPSA) is 116 Å². The van der Waals surface area contributed by atoms with Crippen molar-refractivity contribution in [3.8, 4) is 0 Å². The van der Waals surface area contributed by atoms with Gasteiger partial charge in [-0.25, -0.2) is 0 Å². The minimum absolute atomic E-state index is 0.0795. The van der Waals surface area contributed by atoms with Gasteiger partial charge in [-0.05, 0) is 19.4 Å². The summed E-state index contributed by atoms with van der Waals surface area (Å²) in [6, 6.07) is -0.683. The summed E-state index contributed by atoms with van der Waals surface area (Å²) in [6.07, 6.45) is 1.08. The Labute approximate surface area is 89.1 Å². The lowest BCUT2D eigenvalue weighted by atomic mass is 10.1. The van der Waals surface area contributed by atoms with Crippen molar-refractivity contribution in [2.45, 2.75) is 31.4 Å². The number of hydrogen-bond donors (Lipinski definition) is 5. The van der Waals surface area contributed by atoms with Crippen molar-refractivity contribution in [2.24, 2.45) is 5.73 Å². The second kappa shape index (κ2) is 8.60. The van der Waals surface area contributed by atoms with Crippen LogP contribution in [0.25, 0.3) is 0 Å². The van der Waals surface area contributed by atoms with Gasteiger partial charge in [-0.1, -0.05) is 6.42 Å². The van der Waals surface area contributed by atoms with Crippen LogP contribution in [0.5, 0.6) is 0 Å². The summed E-state index contributed by atoms with van der Waals surface area (Å²) in [6.45, 7) is 0.254. The van der Waals surface area contributed by atoms with Crippen LogP contribution in [0.1, 0.15) is 19.3 Å². The number of aliphatic carboxylic acids is 1. The van der Waals surface area contributed by atoms with E-state index in [4.69, 9.17) is 21.1 Å². The van der Waals surface area contributed by atoms with Crippen LogP contribution in [-0.4, -0.2) is 53.1 Å². The molecule has 0 aromatic carbocycles. The standard InChI is InChI=1S/C9H20N2O4/c10-4-2-1-3-8(9(14)15)11-5-7(13)6-12/h7-8,11-13H,1-6,10H2,(H,14,15). The highest BCUT2D eigenvalue weighted by molar-refractivity contribution is 5.73. The molecule has 15 heavy (non-hydrogen) atoms. The number of carboxylic acids is 1. The Balaban J connectivity index is 3.78. The van der Waals surface area contributed by atoms with E-state index in [1.165, 1.54) is 0 Å². The summed E-state index contributed by atoms with van der Waals surface area (Å²) in [5.74, 6) is -0.947. The van der Waals surface area contributed by atoms with Crippen LogP contribution >= 0.6 is 0 Å². The summed E-state index contributed by atoms with van der Waals surface area (Å²) in [5, 5.41) is 29.1. The van der Waals surface area contributed by atoms with Gasteiger partial charge in [-0.2, -0.15) is 0 Å². The zero-order chi connectivity index (χ0) is 11.7. The number of carboxylic acid groups (broad SMARTS) is 1. The third kappa shape index (κ3) is 7.26. The van der Waals surface area contributed by atoms with E-state index in [9.17, 15) is 4.79 Å². The van der Waals surface area contributed by atoms with Crippen LogP contribution in [0.3, 0.4) is 0 Å². The number of unbranched alkanes of at least 4 members (excludes halogenated alkanes) is 1. The molecular formula is C9H20N2O4. The fourth-order valence-corrected chi connectivity index (χ4v) is 1.15. The Kier molecular flexibility index (Phi) is 8.21. The third-order valence-electron chi connectivity index (χ3n) is 2.06. The Bertz CT molecular complexity index is 177. The first-order valence-electron chi connectivity index (χ1n) is 5.07. The van der Waals surface area contributed by atoms with Gasteiger partial charge >= 0.3 is 5.97 Å². The zero-order valence-electron chi connectivity index (χ0n) is 8.72. The number of carbonyl (C=O) groups is 1. The van der Waals surface area contributed by atoms with E-state index < -0.39 is 18.1 Å². The lowest BCUT2D eigenvalue weighted by Gasteiger charge is -2.16. The summed E-state index contributed by atoms with van der Waals surface area (Å²) in [7, 11) is 0. The molecule has 2 atom stereocenters. The Morgan fingerprint density at radius 1 is 1.40 bits per heavy atom. The number of hydrogen-bond acceptors (Lipinski definition) is 5. The van der Waals surface area contributed by atoms with Gasteiger partial charge in [0.05, 0.1) is 12.7 Å². The Morgan fingerprint density at radius 3 is 2.53 bits per heavy atom. The molecule has 0 aliphatic heterocycles. The molecule has 0 aromatic heterocycles. The first kappa shape index (κ1) is 14.3. The van der Waals surface area contributed by atoms with Gasteiger partial charge in [0, 0.05) is 6.54 Å². The van der Waals surface area contributed by atoms with Crippen LogP contribution < -0.4 is 11.1 Å². The van der Waals surface area contributed by atoms with Gasteiger partial charge < -0.3 is 26.4 Å². The quantitative estimate of drug-likeness (QED) is 0.302. The smallest absolute Gasteiger partial charge is 0.320 e. The number of nitrogens with one attached hydrogen (secondary N) is 1. The lowest BCUT2D eigenvalue weighted by molar-refractivity contribution is -0.139. The molecule has 90 valence electrons. The largest absolute Gasteiger partial charge is 0.480 e. The Hall–Kier alpha value is -0.690. The van der Waals surface area contributed by atoms with Gasteiger partial charge in [0.1, 0.15) is 6.04 Å². The van der Waals surface area contributed by atoms with Gasteiger partial charge in [-0.3, -0.25) is 4.79 Å². The second-order valence-electron chi connectivity index (χ2n) is 3.42. The SMILES string of the molecule is NCCCCC(NCC(O)CO)C(=O)O. The molecule has 0 amide bonds. The average Bonchev–Trinajstić information content (AvgIpc) is 2.22. The Morgan fingerprint density at radius 2 is 2.07 bits per heavy atom. The highest BCUT2D eigenvalue weighted by atomic mass is 16.4. The summed E-state index contributed by atoms with van der Waals surface area (Å²) < 4.78 is 0. The highest BCUT2D eigenvalue weighted by Crippen LogP contribution is 2.00. The van der Waals surface area contributed by atoms with E-state index in [2.05, 4.69) is 5.32 Å². The number of aliphatic hydroxyl groups is 2. The van der Waals surface area contributed by atoms with Gasteiger partial charge in [0.25, 0.3) is 0 Å². The molecule has 0 aromatic rings. The molecule has 0 aliphatic carbocycles. The zero-order valence-corrected chi connectivity index (χ0v) is 8.72.